The number of amides is 1. The normalized spacial score (nSPS) is 12.3. The van der Waals surface area contributed by atoms with E-state index in [4.69, 9.17) is 0 Å². The number of halogens is 1. The van der Waals surface area contributed by atoms with Crippen molar-refractivity contribution in [3.05, 3.63) is 44.7 Å². The molecule has 0 aliphatic heterocycles. The Morgan fingerprint density at radius 1 is 1.45 bits per heavy atom. The zero-order valence-electron chi connectivity index (χ0n) is 11.3. The fraction of sp³-hybridized carbons (Fsp3) is 0.286. The van der Waals surface area contributed by atoms with E-state index in [-0.39, 0.29) is 17.5 Å². The van der Waals surface area contributed by atoms with Gasteiger partial charge in [-0.15, -0.1) is 0 Å². The first-order valence-electron chi connectivity index (χ1n) is 6.30. The maximum atomic E-state index is 12.2. The Morgan fingerprint density at radius 3 is 2.90 bits per heavy atom. The van der Waals surface area contributed by atoms with E-state index in [0.29, 0.717) is 23.0 Å². The molecule has 1 atom stereocenters. The minimum atomic E-state index is -0.295. The number of pyridine rings is 1. The molecule has 0 fully saturated rings. The summed E-state index contributed by atoms with van der Waals surface area (Å²) in [5, 5.41) is 6.57. The van der Waals surface area contributed by atoms with Crippen LogP contribution in [0.1, 0.15) is 17.3 Å². The van der Waals surface area contributed by atoms with Crippen molar-refractivity contribution in [2.24, 2.45) is 0 Å². The van der Waals surface area contributed by atoms with Gasteiger partial charge in [0.2, 0.25) is 5.56 Å². The number of aromatic amines is 1. The molecule has 1 aromatic carbocycles. The monoisotopic (exact) mass is 337 g/mol. The highest BCUT2D eigenvalue weighted by Gasteiger charge is 2.13. The van der Waals surface area contributed by atoms with Gasteiger partial charge in [-0.2, -0.15) is 0 Å². The summed E-state index contributed by atoms with van der Waals surface area (Å²) in [4.78, 5) is 26.7. The predicted octanol–water partition coefficient (Wildman–Crippen LogP) is 1.63. The fourth-order valence-electron chi connectivity index (χ4n) is 1.87. The van der Waals surface area contributed by atoms with Crippen LogP contribution in [0.5, 0.6) is 0 Å². The Balaban J connectivity index is 2.41. The number of aromatic nitrogens is 1. The standard InChI is InChI=1S/C14H16BrN3O2/c1-8(16-2)7-17-14(20)10-6-12(19)18-13-9(10)4-3-5-11(13)15/h3-6,8,16H,7H2,1-2H3,(H,17,20)(H,18,19). The van der Waals surface area contributed by atoms with Crippen LogP contribution >= 0.6 is 15.9 Å². The van der Waals surface area contributed by atoms with Crippen LogP contribution in [0.15, 0.2) is 33.5 Å². The molecule has 0 radical (unpaired) electrons. The number of fused-ring (bicyclic) bond motifs is 1. The molecule has 0 saturated heterocycles. The van der Waals surface area contributed by atoms with Gasteiger partial charge in [0.25, 0.3) is 5.91 Å². The molecule has 1 amide bonds. The molecule has 0 aliphatic carbocycles. The van der Waals surface area contributed by atoms with Crippen molar-refractivity contribution in [2.45, 2.75) is 13.0 Å². The van der Waals surface area contributed by atoms with Crippen molar-refractivity contribution < 1.29 is 4.79 Å². The SMILES string of the molecule is CNC(C)CNC(=O)c1cc(=O)[nH]c2c(Br)cccc12. The third-order valence-electron chi connectivity index (χ3n) is 3.13. The van der Waals surface area contributed by atoms with E-state index in [1.807, 2.05) is 32.2 Å². The predicted molar refractivity (Wildman–Crippen MR) is 83.1 cm³/mol. The van der Waals surface area contributed by atoms with Crippen LogP contribution in [0.2, 0.25) is 0 Å². The summed E-state index contributed by atoms with van der Waals surface area (Å²) in [6.07, 6.45) is 0. The third-order valence-corrected chi connectivity index (χ3v) is 3.79. The topological polar surface area (TPSA) is 74.0 Å². The molecule has 6 heteroatoms. The Kier molecular flexibility index (Phi) is 4.57. The average molecular weight is 338 g/mol. The van der Waals surface area contributed by atoms with Crippen LogP contribution in [-0.4, -0.2) is 30.5 Å². The van der Waals surface area contributed by atoms with Gasteiger partial charge in [0.15, 0.2) is 0 Å². The number of rotatable bonds is 4. The molecule has 0 spiro atoms. The summed E-state index contributed by atoms with van der Waals surface area (Å²) in [6, 6.07) is 6.96. The molecule has 0 aliphatic rings. The minimum absolute atomic E-state index is 0.166. The van der Waals surface area contributed by atoms with E-state index in [2.05, 4.69) is 31.5 Å². The van der Waals surface area contributed by atoms with Gasteiger partial charge < -0.3 is 15.6 Å². The van der Waals surface area contributed by atoms with E-state index >= 15 is 0 Å². The molecule has 0 saturated carbocycles. The summed E-state index contributed by atoms with van der Waals surface area (Å²) in [7, 11) is 1.83. The number of nitrogens with one attached hydrogen (secondary N) is 3. The smallest absolute Gasteiger partial charge is 0.252 e. The van der Waals surface area contributed by atoms with Crippen molar-refractivity contribution in [2.75, 3.05) is 13.6 Å². The third kappa shape index (κ3) is 3.08. The van der Waals surface area contributed by atoms with Gasteiger partial charge in [0, 0.05) is 28.5 Å². The van der Waals surface area contributed by atoms with Crippen molar-refractivity contribution in [1.29, 1.82) is 0 Å². The maximum absolute atomic E-state index is 12.2. The van der Waals surface area contributed by atoms with Crippen LogP contribution in [0.3, 0.4) is 0 Å². The molecular weight excluding hydrogens is 322 g/mol. The van der Waals surface area contributed by atoms with Crippen LogP contribution in [-0.2, 0) is 0 Å². The second-order valence-electron chi connectivity index (χ2n) is 4.61. The van der Waals surface area contributed by atoms with Gasteiger partial charge in [0.05, 0.1) is 11.1 Å². The number of H-pyrrole nitrogens is 1. The van der Waals surface area contributed by atoms with Gasteiger partial charge >= 0.3 is 0 Å². The summed E-state index contributed by atoms with van der Waals surface area (Å²) in [5.74, 6) is -0.249. The molecule has 0 bridgehead atoms. The van der Waals surface area contributed by atoms with E-state index in [1.165, 1.54) is 6.07 Å². The van der Waals surface area contributed by atoms with Gasteiger partial charge in [-0.05, 0) is 36.0 Å². The van der Waals surface area contributed by atoms with Crippen LogP contribution in [0.4, 0.5) is 0 Å². The zero-order chi connectivity index (χ0) is 14.7. The largest absolute Gasteiger partial charge is 0.350 e. The molecule has 3 N–H and O–H groups in total. The lowest BCUT2D eigenvalue weighted by Gasteiger charge is -2.12. The van der Waals surface area contributed by atoms with Crippen molar-refractivity contribution >= 4 is 32.7 Å². The zero-order valence-corrected chi connectivity index (χ0v) is 12.9. The molecule has 1 unspecified atom stereocenters. The lowest BCUT2D eigenvalue weighted by Crippen LogP contribution is -2.37. The van der Waals surface area contributed by atoms with Crippen molar-refractivity contribution in [1.82, 2.24) is 15.6 Å². The number of carbonyl (C=O) groups excluding carboxylic acids is 1. The highest BCUT2D eigenvalue weighted by Crippen LogP contribution is 2.23. The molecule has 2 aromatic rings. The van der Waals surface area contributed by atoms with Gasteiger partial charge in [0.1, 0.15) is 0 Å². The van der Waals surface area contributed by atoms with Crippen molar-refractivity contribution in [3.8, 4) is 0 Å². The molecule has 1 aromatic heterocycles. The second-order valence-corrected chi connectivity index (χ2v) is 5.46. The first kappa shape index (κ1) is 14.7. The summed E-state index contributed by atoms with van der Waals surface area (Å²) >= 11 is 3.38. The van der Waals surface area contributed by atoms with E-state index in [9.17, 15) is 9.59 Å². The van der Waals surface area contributed by atoms with Crippen molar-refractivity contribution in [3.63, 3.8) is 0 Å². The number of benzene rings is 1. The minimum Gasteiger partial charge on any atom is -0.350 e. The Morgan fingerprint density at radius 2 is 2.20 bits per heavy atom. The maximum Gasteiger partial charge on any atom is 0.252 e. The lowest BCUT2D eigenvalue weighted by atomic mass is 10.1. The number of hydrogen-bond acceptors (Lipinski definition) is 3. The first-order valence-corrected chi connectivity index (χ1v) is 7.09. The summed E-state index contributed by atoms with van der Waals surface area (Å²) in [6.45, 7) is 2.46. The Hall–Kier alpha value is -1.66. The highest BCUT2D eigenvalue weighted by molar-refractivity contribution is 9.10. The number of para-hydroxylation sites is 1. The Bertz CT molecular complexity index is 696. The molecule has 20 heavy (non-hydrogen) atoms. The van der Waals surface area contributed by atoms with Crippen LogP contribution in [0.25, 0.3) is 10.9 Å². The highest BCUT2D eigenvalue weighted by atomic mass is 79.9. The van der Waals surface area contributed by atoms with Gasteiger partial charge in [-0.1, -0.05) is 12.1 Å². The van der Waals surface area contributed by atoms with Crippen LogP contribution < -0.4 is 16.2 Å². The van der Waals surface area contributed by atoms with E-state index < -0.39 is 0 Å². The lowest BCUT2D eigenvalue weighted by molar-refractivity contribution is 0.0952. The molecule has 2 rings (SSSR count). The Labute approximate surface area is 124 Å². The molecule has 5 nitrogen and oxygen atoms in total. The van der Waals surface area contributed by atoms with E-state index in [1.54, 1.807) is 0 Å². The first-order chi connectivity index (χ1) is 9.52. The molecular formula is C14H16BrN3O2. The quantitative estimate of drug-likeness (QED) is 0.793. The van der Waals surface area contributed by atoms with Gasteiger partial charge in [-0.3, -0.25) is 9.59 Å². The second kappa shape index (κ2) is 6.19. The summed E-state index contributed by atoms with van der Waals surface area (Å²) in [5.41, 5.74) is 0.719. The van der Waals surface area contributed by atoms with Crippen LogP contribution in [0, 0.1) is 0 Å². The van der Waals surface area contributed by atoms with Gasteiger partial charge in [-0.25, -0.2) is 0 Å². The van der Waals surface area contributed by atoms with E-state index in [0.717, 1.165) is 4.47 Å². The molecule has 1 heterocycles. The molecule has 106 valence electrons. The number of hydrogen-bond donors (Lipinski definition) is 3. The summed E-state index contributed by atoms with van der Waals surface area (Å²) < 4.78 is 0.755. The fourth-order valence-corrected chi connectivity index (χ4v) is 2.34. The average Bonchev–Trinajstić information content (AvgIpc) is 2.44. The number of likely N-dealkylation sites (N-methyl/N-ethyl adjacent to an activating group) is 1. The number of carbonyl (C=O) groups is 1.